The van der Waals surface area contributed by atoms with Crippen LogP contribution in [-0.4, -0.2) is 40.6 Å². The van der Waals surface area contributed by atoms with Crippen LogP contribution >= 0.6 is 11.8 Å². The summed E-state index contributed by atoms with van der Waals surface area (Å²) in [5.41, 5.74) is 4.69. The van der Waals surface area contributed by atoms with E-state index in [0.717, 1.165) is 46.7 Å². The summed E-state index contributed by atoms with van der Waals surface area (Å²) in [6.45, 7) is 3.37. The minimum absolute atomic E-state index is 0.223. The SMILES string of the molecule is CSc1ccc(-c2cc(-c3cc(C)ccc3O)nc(N3CCC(O)C3)c2)cc1. The Morgan fingerprint density at radius 1 is 1.04 bits per heavy atom. The van der Waals surface area contributed by atoms with Gasteiger partial charge in [-0.1, -0.05) is 23.8 Å². The summed E-state index contributed by atoms with van der Waals surface area (Å²) in [5, 5.41) is 20.4. The minimum Gasteiger partial charge on any atom is -0.507 e. The van der Waals surface area contributed by atoms with Crippen LogP contribution in [0, 0.1) is 6.92 Å². The van der Waals surface area contributed by atoms with Crippen molar-refractivity contribution in [3.05, 3.63) is 60.2 Å². The zero-order chi connectivity index (χ0) is 19.7. The number of rotatable bonds is 4. The van der Waals surface area contributed by atoms with Gasteiger partial charge in [-0.05, 0) is 67.1 Å². The van der Waals surface area contributed by atoms with Crippen molar-refractivity contribution in [2.45, 2.75) is 24.3 Å². The Kier molecular flexibility index (Phi) is 5.29. The fourth-order valence-electron chi connectivity index (χ4n) is 3.57. The van der Waals surface area contributed by atoms with Gasteiger partial charge in [0.05, 0.1) is 11.8 Å². The van der Waals surface area contributed by atoms with Crippen LogP contribution in [0.15, 0.2) is 59.5 Å². The molecule has 1 unspecified atom stereocenters. The predicted octanol–water partition coefficient (Wildman–Crippen LogP) is 4.72. The molecule has 28 heavy (non-hydrogen) atoms. The van der Waals surface area contributed by atoms with E-state index in [0.29, 0.717) is 6.54 Å². The van der Waals surface area contributed by atoms with E-state index in [2.05, 4.69) is 41.5 Å². The molecule has 1 saturated heterocycles. The molecule has 0 spiro atoms. The zero-order valence-electron chi connectivity index (χ0n) is 16.1. The van der Waals surface area contributed by atoms with E-state index >= 15 is 0 Å². The summed E-state index contributed by atoms with van der Waals surface area (Å²) in [7, 11) is 0. The van der Waals surface area contributed by atoms with Gasteiger partial charge in [0.15, 0.2) is 0 Å². The molecule has 2 heterocycles. The van der Waals surface area contributed by atoms with Gasteiger partial charge in [-0.25, -0.2) is 4.98 Å². The molecule has 1 aromatic heterocycles. The molecule has 0 bridgehead atoms. The normalized spacial score (nSPS) is 16.5. The summed E-state index contributed by atoms with van der Waals surface area (Å²) < 4.78 is 0. The van der Waals surface area contributed by atoms with Crippen molar-refractivity contribution in [1.29, 1.82) is 0 Å². The number of hydrogen-bond acceptors (Lipinski definition) is 5. The lowest BCUT2D eigenvalue weighted by Gasteiger charge is -2.19. The largest absolute Gasteiger partial charge is 0.507 e. The van der Waals surface area contributed by atoms with Gasteiger partial charge >= 0.3 is 0 Å². The number of thioether (sulfide) groups is 1. The first-order chi connectivity index (χ1) is 13.5. The Morgan fingerprint density at radius 2 is 1.82 bits per heavy atom. The maximum Gasteiger partial charge on any atom is 0.129 e. The summed E-state index contributed by atoms with van der Waals surface area (Å²) in [6.07, 6.45) is 2.50. The summed E-state index contributed by atoms with van der Waals surface area (Å²) in [4.78, 5) is 8.16. The molecule has 4 rings (SSSR count). The molecule has 3 aromatic rings. The number of phenolic OH excluding ortho intramolecular Hbond substituents is 1. The van der Waals surface area contributed by atoms with Crippen molar-refractivity contribution in [3.8, 4) is 28.1 Å². The number of aromatic nitrogens is 1. The Hall–Kier alpha value is -2.50. The highest BCUT2D eigenvalue weighted by Gasteiger charge is 2.23. The number of β-amino-alcohol motifs (C(OH)–C–C–N with tert-alkyl or cyclic N) is 1. The quantitative estimate of drug-likeness (QED) is 0.629. The molecule has 1 aliphatic rings. The monoisotopic (exact) mass is 392 g/mol. The Bertz CT molecular complexity index is 988. The first-order valence-corrected chi connectivity index (χ1v) is 10.7. The van der Waals surface area contributed by atoms with E-state index < -0.39 is 0 Å². The number of anilines is 1. The molecule has 0 aliphatic carbocycles. The highest BCUT2D eigenvalue weighted by Crippen LogP contribution is 2.35. The van der Waals surface area contributed by atoms with E-state index in [4.69, 9.17) is 4.98 Å². The maximum atomic E-state index is 10.4. The number of aliphatic hydroxyl groups is 1. The predicted molar refractivity (Wildman–Crippen MR) is 116 cm³/mol. The second-order valence-electron chi connectivity index (χ2n) is 7.24. The second-order valence-corrected chi connectivity index (χ2v) is 8.12. The van der Waals surface area contributed by atoms with Gasteiger partial charge in [-0.2, -0.15) is 0 Å². The molecule has 1 fully saturated rings. The van der Waals surface area contributed by atoms with Crippen LogP contribution in [-0.2, 0) is 0 Å². The lowest BCUT2D eigenvalue weighted by Crippen LogP contribution is -2.22. The van der Waals surface area contributed by atoms with Gasteiger partial charge in [-0.3, -0.25) is 0 Å². The molecular weight excluding hydrogens is 368 g/mol. The van der Waals surface area contributed by atoms with Crippen LogP contribution in [0.5, 0.6) is 5.75 Å². The third-order valence-electron chi connectivity index (χ3n) is 5.15. The van der Waals surface area contributed by atoms with Crippen molar-refractivity contribution >= 4 is 17.6 Å². The molecule has 4 nitrogen and oxygen atoms in total. The van der Waals surface area contributed by atoms with Crippen molar-refractivity contribution < 1.29 is 10.2 Å². The summed E-state index contributed by atoms with van der Waals surface area (Å²) in [5.74, 6) is 1.05. The molecule has 0 radical (unpaired) electrons. The smallest absolute Gasteiger partial charge is 0.129 e. The fourth-order valence-corrected chi connectivity index (χ4v) is 3.98. The number of benzene rings is 2. The van der Waals surface area contributed by atoms with Crippen LogP contribution in [0.3, 0.4) is 0 Å². The third kappa shape index (κ3) is 3.86. The maximum absolute atomic E-state index is 10.4. The molecule has 144 valence electrons. The molecule has 5 heteroatoms. The van der Waals surface area contributed by atoms with Crippen LogP contribution in [0.1, 0.15) is 12.0 Å². The Balaban J connectivity index is 1.84. The number of hydrogen-bond donors (Lipinski definition) is 2. The average molecular weight is 393 g/mol. The zero-order valence-corrected chi connectivity index (χ0v) is 16.9. The van der Waals surface area contributed by atoms with Gasteiger partial charge in [0, 0.05) is 23.5 Å². The fraction of sp³-hybridized carbons (Fsp3) is 0.261. The second kappa shape index (κ2) is 7.86. The molecular formula is C23H24N2O2S. The lowest BCUT2D eigenvalue weighted by atomic mass is 10.0. The summed E-state index contributed by atoms with van der Waals surface area (Å²) >= 11 is 1.72. The van der Waals surface area contributed by atoms with Crippen molar-refractivity contribution in [2.24, 2.45) is 0 Å². The highest BCUT2D eigenvalue weighted by atomic mass is 32.2. The molecule has 1 aliphatic heterocycles. The number of phenols is 1. The van der Waals surface area contributed by atoms with E-state index in [-0.39, 0.29) is 11.9 Å². The van der Waals surface area contributed by atoms with E-state index in [1.54, 1.807) is 17.8 Å². The number of aromatic hydroxyl groups is 1. The number of nitrogens with zero attached hydrogens (tertiary/aromatic N) is 2. The number of aliphatic hydroxyl groups excluding tert-OH is 1. The van der Waals surface area contributed by atoms with Crippen LogP contribution in [0.25, 0.3) is 22.4 Å². The lowest BCUT2D eigenvalue weighted by molar-refractivity contribution is 0.198. The summed E-state index contributed by atoms with van der Waals surface area (Å²) in [6, 6.07) is 18.1. The highest BCUT2D eigenvalue weighted by molar-refractivity contribution is 7.98. The molecule has 0 saturated carbocycles. The van der Waals surface area contributed by atoms with E-state index in [1.165, 1.54) is 4.90 Å². The van der Waals surface area contributed by atoms with Gasteiger partial charge in [0.25, 0.3) is 0 Å². The standard InChI is InChI=1S/C23H24N2O2S/c1-15-3-8-22(27)20(11-15)21-12-17(16-4-6-19(28-2)7-5-16)13-23(24-21)25-10-9-18(26)14-25/h3-8,11-13,18,26-27H,9-10,14H2,1-2H3. The first-order valence-electron chi connectivity index (χ1n) is 9.43. The van der Waals surface area contributed by atoms with Gasteiger partial charge in [-0.15, -0.1) is 11.8 Å². The molecule has 2 N–H and O–H groups in total. The van der Waals surface area contributed by atoms with E-state index in [9.17, 15) is 10.2 Å². The molecule has 1 atom stereocenters. The first kappa shape index (κ1) is 18.8. The average Bonchev–Trinajstić information content (AvgIpc) is 3.16. The van der Waals surface area contributed by atoms with E-state index in [1.807, 2.05) is 25.1 Å². The van der Waals surface area contributed by atoms with Crippen molar-refractivity contribution in [2.75, 3.05) is 24.2 Å². The van der Waals surface area contributed by atoms with Gasteiger partial charge in [0.2, 0.25) is 0 Å². The topological polar surface area (TPSA) is 56.6 Å². The molecule has 0 amide bonds. The van der Waals surface area contributed by atoms with Gasteiger partial charge in [0.1, 0.15) is 11.6 Å². The van der Waals surface area contributed by atoms with Crippen LogP contribution in [0.2, 0.25) is 0 Å². The molecule has 2 aromatic carbocycles. The van der Waals surface area contributed by atoms with Crippen molar-refractivity contribution in [1.82, 2.24) is 4.98 Å². The Morgan fingerprint density at radius 3 is 2.50 bits per heavy atom. The Labute approximate surface area is 169 Å². The number of pyridine rings is 1. The van der Waals surface area contributed by atoms with Crippen LogP contribution in [0.4, 0.5) is 5.82 Å². The number of aryl methyl sites for hydroxylation is 1. The van der Waals surface area contributed by atoms with Crippen molar-refractivity contribution in [3.63, 3.8) is 0 Å². The minimum atomic E-state index is -0.317. The third-order valence-corrected chi connectivity index (χ3v) is 5.89. The van der Waals surface area contributed by atoms with Gasteiger partial charge < -0.3 is 15.1 Å². The van der Waals surface area contributed by atoms with Crippen LogP contribution < -0.4 is 4.90 Å².